The summed E-state index contributed by atoms with van der Waals surface area (Å²) in [5, 5.41) is 4.07. The zero-order valence-electron chi connectivity index (χ0n) is 14.8. The van der Waals surface area contributed by atoms with Gasteiger partial charge in [0.2, 0.25) is 0 Å². The lowest BCUT2D eigenvalue weighted by atomic mass is 10.1. The average molecular weight is 466 g/mol. The number of benzene rings is 2. The number of nitrogens with zero attached hydrogens (tertiary/aromatic N) is 2. The van der Waals surface area contributed by atoms with Crippen LogP contribution in [0.3, 0.4) is 0 Å². The molecule has 2 N–H and O–H groups in total. The van der Waals surface area contributed by atoms with Crippen LogP contribution in [0.1, 0.15) is 27.0 Å². The molecule has 2 aromatic carbocycles. The number of fused-ring (bicyclic) bond motifs is 1. The first-order valence-electron chi connectivity index (χ1n) is 8.36. The van der Waals surface area contributed by atoms with E-state index in [9.17, 15) is 4.79 Å². The Morgan fingerprint density at radius 3 is 2.52 bits per heavy atom. The number of H-pyrrole nitrogens is 1. The van der Waals surface area contributed by atoms with Gasteiger partial charge in [-0.3, -0.25) is 9.78 Å². The number of halogens is 3. The fraction of sp³-hybridized carbons (Fsp3) is 0.0500. The van der Waals surface area contributed by atoms with Gasteiger partial charge < -0.3 is 10.3 Å². The van der Waals surface area contributed by atoms with E-state index in [1.165, 1.54) is 0 Å². The predicted octanol–water partition coefficient (Wildman–Crippen LogP) is 5.96. The quantitative estimate of drug-likeness (QED) is 0.326. The summed E-state index contributed by atoms with van der Waals surface area (Å²) in [5.41, 5.74) is 2.35. The number of hydrogen-bond acceptors (Lipinski definition) is 4. The summed E-state index contributed by atoms with van der Waals surface area (Å²) in [6, 6.07) is 12.5. The van der Waals surface area contributed by atoms with Gasteiger partial charge in [0.15, 0.2) is 0 Å². The van der Waals surface area contributed by atoms with Crippen molar-refractivity contribution in [3.8, 4) is 0 Å². The molecule has 0 saturated heterocycles. The number of rotatable bonds is 4. The molecule has 0 bridgehead atoms. The summed E-state index contributed by atoms with van der Waals surface area (Å²) in [6.07, 6.45) is 5.15. The first kappa shape index (κ1) is 21.5. The lowest BCUT2D eigenvalue weighted by Crippen LogP contribution is -2.13. The highest BCUT2D eigenvalue weighted by Gasteiger charge is 2.17. The van der Waals surface area contributed by atoms with Crippen molar-refractivity contribution in [1.82, 2.24) is 15.0 Å². The van der Waals surface area contributed by atoms with Gasteiger partial charge in [-0.15, -0.1) is 12.4 Å². The normalized spacial score (nSPS) is 11.7. The van der Waals surface area contributed by atoms with Crippen molar-refractivity contribution in [3.05, 3.63) is 88.1 Å². The molecule has 1 amide bonds. The SMILES string of the molecule is Cl.O=C(Nc1cccc2cc(C(S)c3ncc[nH]3)cnc12)c1c(Cl)cccc1Cl. The summed E-state index contributed by atoms with van der Waals surface area (Å²) < 4.78 is 0. The highest BCUT2D eigenvalue weighted by molar-refractivity contribution is 7.80. The van der Waals surface area contributed by atoms with Gasteiger partial charge in [0, 0.05) is 24.0 Å². The zero-order chi connectivity index (χ0) is 19.7. The van der Waals surface area contributed by atoms with Crippen molar-refractivity contribution in [2.75, 3.05) is 5.32 Å². The second-order valence-corrected chi connectivity index (χ2v) is 7.40. The smallest absolute Gasteiger partial charge is 0.258 e. The standard InChI is InChI=1S/C20H14Cl2N4OS.ClH/c21-13-4-2-5-14(22)16(13)20(27)26-15-6-1-3-11-9-12(10-25-17(11)15)18(28)19-23-7-8-24-19;/h1-10,18,28H,(H,23,24)(H,26,27);1H. The van der Waals surface area contributed by atoms with Crippen molar-refractivity contribution in [2.45, 2.75) is 5.25 Å². The number of carbonyl (C=O) groups excluding carboxylic acids is 1. The van der Waals surface area contributed by atoms with Gasteiger partial charge in [-0.05, 0) is 29.8 Å². The lowest BCUT2D eigenvalue weighted by Gasteiger charge is -2.12. The minimum Gasteiger partial charge on any atom is -0.347 e. The van der Waals surface area contributed by atoms with E-state index in [1.54, 1.807) is 42.9 Å². The maximum absolute atomic E-state index is 12.7. The van der Waals surface area contributed by atoms with Crippen LogP contribution in [0.15, 0.2) is 61.1 Å². The molecule has 0 aliphatic carbocycles. The van der Waals surface area contributed by atoms with Crippen molar-refractivity contribution < 1.29 is 4.79 Å². The van der Waals surface area contributed by atoms with Crippen LogP contribution in [0.5, 0.6) is 0 Å². The van der Waals surface area contributed by atoms with E-state index in [2.05, 4.69) is 32.9 Å². The number of aromatic nitrogens is 3. The highest BCUT2D eigenvalue weighted by Crippen LogP contribution is 2.30. The van der Waals surface area contributed by atoms with E-state index in [4.69, 9.17) is 23.2 Å². The van der Waals surface area contributed by atoms with Crippen LogP contribution in [0, 0.1) is 0 Å². The molecule has 0 fully saturated rings. The van der Waals surface area contributed by atoms with E-state index in [0.29, 0.717) is 11.2 Å². The third-order valence-corrected chi connectivity index (χ3v) is 5.44. The number of imidazole rings is 1. The summed E-state index contributed by atoms with van der Waals surface area (Å²) >= 11 is 16.9. The zero-order valence-corrected chi connectivity index (χ0v) is 18.0. The molecule has 0 aliphatic rings. The van der Waals surface area contributed by atoms with Crippen molar-refractivity contribution >= 4 is 70.7 Å². The molecule has 29 heavy (non-hydrogen) atoms. The first-order chi connectivity index (χ1) is 13.5. The van der Waals surface area contributed by atoms with E-state index >= 15 is 0 Å². The van der Waals surface area contributed by atoms with Gasteiger partial charge >= 0.3 is 0 Å². The number of nitrogens with one attached hydrogen (secondary N) is 2. The van der Waals surface area contributed by atoms with Crippen LogP contribution in [-0.2, 0) is 0 Å². The molecule has 4 aromatic rings. The van der Waals surface area contributed by atoms with E-state index < -0.39 is 5.91 Å². The fourth-order valence-electron chi connectivity index (χ4n) is 2.91. The number of para-hydroxylation sites is 1. The predicted molar refractivity (Wildman–Crippen MR) is 123 cm³/mol. The number of aromatic amines is 1. The number of pyridine rings is 1. The Labute approximate surface area is 188 Å². The Morgan fingerprint density at radius 2 is 1.83 bits per heavy atom. The van der Waals surface area contributed by atoms with Gasteiger partial charge in [-0.25, -0.2) is 4.98 Å². The number of hydrogen-bond donors (Lipinski definition) is 3. The van der Waals surface area contributed by atoms with Gasteiger partial charge in [0.1, 0.15) is 5.82 Å². The molecule has 1 unspecified atom stereocenters. The lowest BCUT2D eigenvalue weighted by molar-refractivity contribution is 0.102. The molecule has 148 valence electrons. The van der Waals surface area contributed by atoms with E-state index in [-0.39, 0.29) is 33.3 Å². The molecule has 2 heterocycles. The number of carbonyl (C=O) groups is 1. The molecule has 0 saturated carbocycles. The first-order valence-corrected chi connectivity index (χ1v) is 9.63. The Morgan fingerprint density at radius 1 is 1.10 bits per heavy atom. The maximum atomic E-state index is 12.7. The average Bonchev–Trinajstić information content (AvgIpc) is 3.22. The second kappa shape index (κ2) is 9.05. The van der Waals surface area contributed by atoms with Crippen molar-refractivity contribution in [1.29, 1.82) is 0 Å². The largest absolute Gasteiger partial charge is 0.347 e. The molecule has 2 aromatic heterocycles. The number of thiol groups is 1. The van der Waals surface area contributed by atoms with Gasteiger partial charge in [0.05, 0.1) is 32.1 Å². The summed E-state index contributed by atoms with van der Waals surface area (Å²) in [4.78, 5) is 24.5. The highest BCUT2D eigenvalue weighted by atomic mass is 35.5. The van der Waals surface area contributed by atoms with Gasteiger partial charge in [0.25, 0.3) is 5.91 Å². The Hall–Kier alpha value is -2.25. The molecule has 0 spiro atoms. The van der Waals surface area contributed by atoms with Crippen LogP contribution >= 0.6 is 48.2 Å². The van der Waals surface area contributed by atoms with Crippen LogP contribution in [0.4, 0.5) is 5.69 Å². The minimum atomic E-state index is -0.392. The monoisotopic (exact) mass is 464 g/mol. The van der Waals surface area contributed by atoms with Crippen LogP contribution in [0.2, 0.25) is 10.0 Å². The van der Waals surface area contributed by atoms with Crippen LogP contribution in [0.25, 0.3) is 10.9 Å². The van der Waals surface area contributed by atoms with E-state index in [0.717, 1.165) is 16.8 Å². The third-order valence-electron chi connectivity index (χ3n) is 4.26. The molecule has 0 radical (unpaired) electrons. The summed E-state index contributed by atoms with van der Waals surface area (Å²) in [7, 11) is 0. The molecular formula is C20H15Cl3N4OS. The Kier molecular flexibility index (Phi) is 6.70. The maximum Gasteiger partial charge on any atom is 0.258 e. The topological polar surface area (TPSA) is 70.7 Å². The fourth-order valence-corrected chi connectivity index (χ4v) is 3.76. The minimum absolute atomic E-state index is 0. The van der Waals surface area contributed by atoms with Crippen molar-refractivity contribution in [3.63, 3.8) is 0 Å². The van der Waals surface area contributed by atoms with Gasteiger partial charge in [-0.2, -0.15) is 12.6 Å². The second-order valence-electron chi connectivity index (χ2n) is 6.07. The molecular weight excluding hydrogens is 451 g/mol. The summed E-state index contributed by atoms with van der Waals surface area (Å²) in [6.45, 7) is 0. The molecule has 9 heteroatoms. The molecule has 4 rings (SSSR count). The number of amides is 1. The number of anilines is 1. The molecule has 0 aliphatic heterocycles. The van der Waals surface area contributed by atoms with Crippen LogP contribution < -0.4 is 5.32 Å². The Bertz CT molecular complexity index is 1150. The van der Waals surface area contributed by atoms with Gasteiger partial charge in [-0.1, -0.05) is 41.4 Å². The van der Waals surface area contributed by atoms with Crippen LogP contribution in [-0.4, -0.2) is 20.9 Å². The molecule has 1 atom stereocenters. The summed E-state index contributed by atoms with van der Waals surface area (Å²) in [5.74, 6) is 0.346. The van der Waals surface area contributed by atoms with E-state index in [1.807, 2.05) is 18.2 Å². The molecule has 5 nitrogen and oxygen atoms in total. The van der Waals surface area contributed by atoms with Crippen molar-refractivity contribution in [2.24, 2.45) is 0 Å². The third kappa shape index (κ3) is 4.36. The Balaban J connectivity index is 0.00000240.